The second-order valence-corrected chi connectivity index (χ2v) is 4.64. The van der Waals surface area contributed by atoms with Crippen LogP contribution in [0.1, 0.15) is 39.0 Å². The lowest BCUT2D eigenvalue weighted by Crippen LogP contribution is -2.25. The molecule has 0 aliphatic heterocycles. The molecule has 0 radical (unpaired) electrons. The number of anilines is 1. The van der Waals surface area contributed by atoms with Crippen molar-refractivity contribution in [3.63, 3.8) is 0 Å². The number of nitrogens with zero attached hydrogens (tertiary/aromatic N) is 1. The molecule has 0 unspecified atom stereocenters. The quantitative estimate of drug-likeness (QED) is 0.790. The molecule has 1 aliphatic carbocycles. The van der Waals surface area contributed by atoms with Crippen LogP contribution in [0.3, 0.4) is 0 Å². The van der Waals surface area contributed by atoms with Gasteiger partial charge in [-0.2, -0.15) is 4.39 Å². The molecule has 1 aromatic heterocycles. The van der Waals surface area contributed by atoms with Crippen LogP contribution in [-0.4, -0.2) is 11.0 Å². The second-order valence-electron chi connectivity index (χ2n) is 4.64. The van der Waals surface area contributed by atoms with Gasteiger partial charge >= 0.3 is 0 Å². The number of hydrogen-bond acceptors (Lipinski definition) is 2. The highest BCUT2D eigenvalue weighted by molar-refractivity contribution is 5.40. The van der Waals surface area contributed by atoms with Crippen LogP contribution in [0.25, 0.3) is 0 Å². The van der Waals surface area contributed by atoms with E-state index in [2.05, 4.69) is 17.2 Å². The van der Waals surface area contributed by atoms with Crippen LogP contribution in [0.15, 0.2) is 18.3 Å². The van der Waals surface area contributed by atoms with Gasteiger partial charge in [-0.25, -0.2) is 4.98 Å². The standard InChI is InChI=1S/C13H19FN2/c1-2-10-3-5-11(6-4-10)16-12-7-8-13(14)15-9-12/h7-11,16H,2-6H2,1H3. The number of aromatic nitrogens is 1. The van der Waals surface area contributed by atoms with Crippen molar-refractivity contribution in [3.8, 4) is 0 Å². The molecule has 0 amide bonds. The maximum absolute atomic E-state index is 12.6. The average molecular weight is 222 g/mol. The Labute approximate surface area is 96.3 Å². The van der Waals surface area contributed by atoms with Crippen molar-refractivity contribution in [2.45, 2.75) is 45.1 Å². The number of rotatable bonds is 3. The van der Waals surface area contributed by atoms with E-state index in [1.807, 2.05) is 0 Å². The van der Waals surface area contributed by atoms with Crippen molar-refractivity contribution in [2.75, 3.05) is 5.32 Å². The van der Waals surface area contributed by atoms with Gasteiger partial charge in [0.1, 0.15) is 0 Å². The molecule has 1 saturated carbocycles. The molecule has 1 fully saturated rings. The molecule has 88 valence electrons. The zero-order chi connectivity index (χ0) is 11.4. The third-order valence-corrected chi connectivity index (χ3v) is 3.52. The van der Waals surface area contributed by atoms with Crippen LogP contribution in [-0.2, 0) is 0 Å². The van der Waals surface area contributed by atoms with Gasteiger partial charge < -0.3 is 5.32 Å². The maximum Gasteiger partial charge on any atom is 0.212 e. The second kappa shape index (κ2) is 5.28. The van der Waals surface area contributed by atoms with Gasteiger partial charge in [0.25, 0.3) is 0 Å². The summed E-state index contributed by atoms with van der Waals surface area (Å²) in [5.74, 6) is 0.490. The molecule has 0 saturated heterocycles. The summed E-state index contributed by atoms with van der Waals surface area (Å²) >= 11 is 0. The lowest BCUT2D eigenvalue weighted by atomic mass is 9.84. The molecule has 1 aliphatic rings. The topological polar surface area (TPSA) is 24.9 Å². The Hall–Kier alpha value is -1.12. The van der Waals surface area contributed by atoms with Crippen LogP contribution in [0.5, 0.6) is 0 Å². The van der Waals surface area contributed by atoms with Crippen LogP contribution in [0.2, 0.25) is 0 Å². The fraction of sp³-hybridized carbons (Fsp3) is 0.615. The highest BCUT2D eigenvalue weighted by atomic mass is 19.1. The normalized spacial score (nSPS) is 25.4. The summed E-state index contributed by atoms with van der Waals surface area (Å²) in [7, 11) is 0. The van der Waals surface area contributed by atoms with Gasteiger partial charge in [-0.05, 0) is 43.7 Å². The number of halogens is 1. The molecule has 0 aromatic carbocycles. The van der Waals surface area contributed by atoms with E-state index in [1.54, 1.807) is 12.3 Å². The monoisotopic (exact) mass is 222 g/mol. The number of pyridine rings is 1. The molecule has 2 nitrogen and oxygen atoms in total. The summed E-state index contributed by atoms with van der Waals surface area (Å²) in [5, 5.41) is 3.42. The molecule has 16 heavy (non-hydrogen) atoms. The zero-order valence-electron chi connectivity index (χ0n) is 9.75. The third kappa shape index (κ3) is 2.94. The third-order valence-electron chi connectivity index (χ3n) is 3.52. The summed E-state index contributed by atoms with van der Waals surface area (Å²) in [6.45, 7) is 2.27. The smallest absolute Gasteiger partial charge is 0.212 e. The van der Waals surface area contributed by atoms with Crippen molar-refractivity contribution in [3.05, 3.63) is 24.3 Å². The molecule has 0 bridgehead atoms. The maximum atomic E-state index is 12.6. The Morgan fingerprint density at radius 2 is 2.06 bits per heavy atom. The largest absolute Gasteiger partial charge is 0.381 e. The highest BCUT2D eigenvalue weighted by Gasteiger charge is 2.19. The Morgan fingerprint density at radius 1 is 1.31 bits per heavy atom. The molecule has 1 heterocycles. The zero-order valence-corrected chi connectivity index (χ0v) is 9.75. The first-order valence-corrected chi connectivity index (χ1v) is 6.16. The summed E-state index contributed by atoms with van der Waals surface area (Å²) in [6, 6.07) is 3.70. The fourth-order valence-corrected chi connectivity index (χ4v) is 2.41. The average Bonchev–Trinajstić information content (AvgIpc) is 2.33. The van der Waals surface area contributed by atoms with Crippen LogP contribution < -0.4 is 5.32 Å². The molecule has 3 heteroatoms. The van der Waals surface area contributed by atoms with Crippen LogP contribution >= 0.6 is 0 Å². The van der Waals surface area contributed by atoms with Gasteiger partial charge in [0, 0.05) is 6.04 Å². The minimum Gasteiger partial charge on any atom is -0.381 e. The van der Waals surface area contributed by atoms with Crippen molar-refractivity contribution < 1.29 is 4.39 Å². The molecular formula is C13H19FN2. The summed E-state index contributed by atoms with van der Waals surface area (Å²) < 4.78 is 12.6. The number of hydrogen-bond donors (Lipinski definition) is 1. The van der Waals surface area contributed by atoms with Crippen LogP contribution in [0, 0.1) is 11.9 Å². The van der Waals surface area contributed by atoms with Crippen molar-refractivity contribution in [1.82, 2.24) is 4.98 Å². The van der Waals surface area contributed by atoms with Gasteiger partial charge in [0.15, 0.2) is 0 Å². The fourth-order valence-electron chi connectivity index (χ4n) is 2.41. The van der Waals surface area contributed by atoms with E-state index in [9.17, 15) is 4.39 Å². The van der Waals surface area contributed by atoms with E-state index >= 15 is 0 Å². The van der Waals surface area contributed by atoms with Crippen molar-refractivity contribution >= 4 is 5.69 Å². The summed E-state index contributed by atoms with van der Waals surface area (Å²) in [4.78, 5) is 3.65. The van der Waals surface area contributed by atoms with Crippen LogP contribution in [0.4, 0.5) is 10.1 Å². The minimum atomic E-state index is -0.416. The van der Waals surface area contributed by atoms with Gasteiger partial charge in [-0.1, -0.05) is 13.3 Å². The molecule has 1 aromatic rings. The van der Waals surface area contributed by atoms with Gasteiger partial charge in [-0.3, -0.25) is 0 Å². The Kier molecular flexibility index (Phi) is 3.75. The molecule has 1 N–H and O–H groups in total. The first kappa shape index (κ1) is 11.4. The van der Waals surface area contributed by atoms with E-state index in [0.717, 1.165) is 11.6 Å². The lowest BCUT2D eigenvalue weighted by molar-refractivity contribution is 0.330. The highest BCUT2D eigenvalue weighted by Crippen LogP contribution is 2.28. The lowest BCUT2D eigenvalue weighted by Gasteiger charge is -2.29. The number of nitrogens with one attached hydrogen (secondary N) is 1. The summed E-state index contributed by atoms with van der Waals surface area (Å²) in [6.07, 6.45) is 7.92. The van der Waals surface area contributed by atoms with Gasteiger partial charge in [0.05, 0.1) is 11.9 Å². The van der Waals surface area contributed by atoms with E-state index < -0.39 is 5.95 Å². The molecular weight excluding hydrogens is 203 g/mol. The van der Waals surface area contributed by atoms with E-state index in [0.29, 0.717) is 6.04 Å². The first-order chi connectivity index (χ1) is 7.78. The van der Waals surface area contributed by atoms with Gasteiger partial charge in [0.2, 0.25) is 5.95 Å². The van der Waals surface area contributed by atoms with Gasteiger partial charge in [-0.15, -0.1) is 0 Å². The molecule has 2 rings (SSSR count). The summed E-state index contributed by atoms with van der Waals surface area (Å²) in [5.41, 5.74) is 0.932. The Bertz CT molecular complexity index is 315. The van der Waals surface area contributed by atoms with E-state index in [4.69, 9.17) is 0 Å². The predicted octanol–water partition coefficient (Wildman–Crippen LogP) is 3.60. The Balaban J connectivity index is 1.84. The molecule has 0 spiro atoms. The predicted molar refractivity (Wildman–Crippen MR) is 63.9 cm³/mol. The van der Waals surface area contributed by atoms with Crippen molar-refractivity contribution in [1.29, 1.82) is 0 Å². The van der Waals surface area contributed by atoms with Crippen molar-refractivity contribution in [2.24, 2.45) is 5.92 Å². The SMILES string of the molecule is CCC1CCC(Nc2ccc(F)nc2)CC1. The Morgan fingerprint density at radius 3 is 2.62 bits per heavy atom. The minimum absolute atomic E-state index is 0.416. The first-order valence-electron chi connectivity index (χ1n) is 6.16. The van der Waals surface area contributed by atoms with E-state index in [-0.39, 0.29) is 0 Å². The van der Waals surface area contributed by atoms with E-state index in [1.165, 1.54) is 38.2 Å². The molecule has 0 atom stereocenters.